The van der Waals surface area contributed by atoms with Gasteiger partial charge in [0.1, 0.15) is 11.5 Å². The monoisotopic (exact) mass is 343 g/mol. The molecule has 3 rings (SSSR count). The maximum Gasteiger partial charge on any atom is 0.225 e. The molecule has 0 heterocycles. The minimum Gasteiger partial charge on any atom is -0.465 e. The molecule has 0 aliphatic heterocycles. The van der Waals surface area contributed by atoms with Crippen molar-refractivity contribution in [2.24, 2.45) is 4.99 Å². The Balaban J connectivity index is 1.86. The molecular formula is C23H21NO2. The summed E-state index contributed by atoms with van der Waals surface area (Å²) in [6.07, 6.45) is 1.67. The fourth-order valence-electron chi connectivity index (χ4n) is 2.31. The molecule has 0 spiro atoms. The molecule has 0 aliphatic rings. The van der Waals surface area contributed by atoms with Crippen molar-refractivity contribution in [1.82, 2.24) is 0 Å². The second-order valence-corrected chi connectivity index (χ2v) is 5.90. The molecule has 0 saturated heterocycles. The van der Waals surface area contributed by atoms with Gasteiger partial charge in [-0.25, -0.2) is 4.99 Å². The first kappa shape index (κ1) is 17.5. The van der Waals surface area contributed by atoms with Gasteiger partial charge in [-0.1, -0.05) is 48.5 Å². The highest BCUT2D eigenvalue weighted by Gasteiger charge is 2.07. The standard InChI is InChI=1S/C23H21NO2/c1-18-10-9-15-22(16-18)25-17-19(2)23(24-20-11-5-3-6-12-20)26-21-13-7-4-8-14-21/h3-17H,1-2H3. The maximum atomic E-state index is 5.99. The van der Waals surface area contributed by atoms with Crippen molar-refractivity contribution in [3.05, 3.63) is 102 Å². The van der Waals surface area contributed by atoms with Crippen molar-refractivity contribution < 1.29 is 9.47 Å². The van der Waals surface area contributed by atoms with E-state index in [1.54, 1.807) is 6.26 Å². The molecule has 0 aromatic heterocycles. The number of hydrogen-bond acceptors (Lipinski definition) is 3. The fraction of sp³-hybridized carbons (Fsp3) is 0.0870. The SMILES string of the molecule is CC(=COc1cccc(C)c1)C(=Nc1ccccc1)Oc1ccccc1. The summed E-state index contributed by atoms with van der Waals surface area (Å²) in [4.78, 5) is 4.63. The van der Waals surface area contributed by atoms with E-state index >= 15 is 0 Å². The Bertz CT molecular complexity index is 900. The third-order valence-electron chi connectivity index (χ3n) is 3.64. The summed E-state index contributed by atoms with van der Waals surface area (Å²) in [5.41, 5.74) is 2.76. The lowest BCUT2D eigenvalue weighted by Crippen LogP contribution is -2.10. The van der Waals surface area contributed by atoms with Gasteiger partial charge in [0.2, 0.25) is 5.90 Å². The molecule has 0 aliphatic carbocycles. The van der Waals surface area contributed by atoms with Crippen LogP contribution in [0.3, 0.4) is 0 Å². The molecule has 3 aromatic carbocycles. The summed E-state index contributed by atoms with van der Waals surface area (Å²) in [6.45, 7) is 3.95. The van der Waals surface area contributed by atoms with Gasteiger partial charge in [-0.15, -0.1) is 0 Å². The zero-order valence-corrected chi connectivity index (χ0v) is 14.9. The maximum absolute atomic E-state index is 5.99. The van der Waals surface area contributed by atoms with Crippen molar-refractivity contribution in [2.45, 2.75) is 13.8 Å². The molecule has 3 aromatic rings. The molecule has 0 N–H and O–H groups in total. The number of hydrogen-bond donors (Lipinski definition) is 0. The first-order valence-corrected chi connectivity index (χ1v) is 8.48. The van der Waals surface area contributed by atoms with Gasteiger partial charge in [0, 0.05) is 5.57 Å². The van der Waals surface area contributed by atoms with Crippen LogP contribution in [0.4, 0.5) is 5.69 Å². The number of aliphatic imine (C=N–C) groups is 1. The van der Waals surface area contributed by atoms with E-state index in [1.165, 1.54) is 0 Å². The topological polar surface area (TPSA) is 30.8 Å². The Labute approximate surface area is 154 Å². The smallest absolute Gasteiger partial charge is 0.225 e. The Kier molecular flexibility index (Phi) is 5.84. The molecule has 3 nitrogen and oxygen atoms in total. The van der Waals surface area contributed by atoms with E-state index in [1.807, 2.05) is 98.8 Å². The minimum absolute atomic E-state index is 0.495. The number of ether oxygens (including phenoxy) is 2. The molecule has 0 fully saturated rings. The normalized spacial score (nSPS) is 11.9. The zero-order chi connectivity index (χ0) is 18.2. The van der Waals surface area contributed by atoms with E-state index in [9.17, 15) is 0 Å². The van der Waals surface area contributed by atoms with Gasteiger partial charge in [0.15, 0.2) is 0 Å². The van der Waals surface area contributed by atoms with Crippen LogP contribution in [0.15, 0.2) is 102 Å². The van der Waals surface area contributed by atoms with Crippen LogP contribution in [0.2, 0.25) is 0 Å². The third kappa shape index (κ3) is 5.08. The third-order valence-corrected chi connectivity index (χ3v) is 3.64. The highest BCUT2D eigenvalue weighted by Crippen LogP contribution is 2.18. The Morgan fingerprint density at radius 1 is 0.808 bits per heavy atom. The molecule has 26 heavy (non-hydrogen) atoms. The predicted octanol–water partition coefficient (Wildman–Crippen LogP) is 6.09. The lowest BCUT2D eigenvalue weighted by Gasteiger charge is -2.10. The molecule has 0 amide bonds. The second-order valence-electron chi connectivity index (χ2n) is 5.90. The predicted molar refractivity (Wildman–Crippen MR) is 106 cm³/mol. The number of rotatable bonds is 5. The van der Waals surface area contributed by atoms with E-state index in [-0.39, 0.29) is 0 Å². The Morgan fingerprint density at radius 3 is 2.15 bits per heavy atom. The number of benzene rings is 3. The van der Waals surface area contributed by atoms with E-state index in [0.717, 1.165) is 28.3 Å². The lowest BCUT2D eigenvalue weighted by atomic mass is 10.2. The van der Waals surface area contributed by atoms with Crippen LogP contribution in [0.5, 0.6) is 11.5 Å². The molecule has 0 saturated carbocycles. The highest BCUT2D eigenvalue weighted by molar-refractivity contribution is 5.96. The highest BCUT2D eigenvalue weighted by atomic mass is 16.5. The van der Waals surface area contributed by atoms with Gasteiger partial charge < -0.3 is 9.47 Å². The first-order chi connectivity index (χ1) is 12.7. The van der Waals surface area contributed by atoms with E-state index in [0.29, 0.717) is 5.90 Å². The average Bonchev–Trinajstić information content (AvgIpc) is 2.67. The minimum atomic E-state index is 0.495. The molecule has 0 bridgehead atoms. The number of nitrogens with zero attached hydrogens (tertiary/aromatic N) is 1. The number of aryl methyl sites for hydroxylation is 1. The summed E-state index contributed by atoms with van der Waals surface area (Å²) < 4.78 is 11.8. The second kappa shape index (κ2) is 8.67. The van der Waals surface area contributed by atoms with Gasteiger partial charge in [-0.05, 0) is 55.8 Å². The first-order valence-electron chi connectivity index (χ1n) is 8.48. The number of para-hydroxylation sites is 2. The van der Waals surface area contributed by atoms with E-state index in [2.05, 4.69) is 4.99 Å². The summed E-state index contributed by atoms with van der Waals surface area (Å²) >= 11 is 0. The van der Waals surface area contributed by atoms with Crippen molar-refractivity contribution in [2.75, 3.05) is 0 Å². The van der Waals surface area contributed by atoms with Gasteiger partial charge in [-0.2, -0.15) is 0 Å². The van der Waals surface area contributed by atoms with Crippen molar-refractivity contribution >= 4 is 11.6 Å². The lowest BCUT2D eigenvalue weighted by molar-refractivity contribution is 0.473. The van der Waals surface area contributed by atoms with E-state index in [4.69, 9.17) is 9.47 Å². The van der Waals surface area contributed by atoms with Crippen LogP contribution in [0.25, 0.3) is 0 Å². The molecule has 0 atom stereocenters. The van der Waals surface area contributed by atoms with Gasteiger partial charge in [0.25, 0.3) is 0 Å². The van der Waals surface area contributed by atoms with Gasteiger partial charge in [0.05, 0.1) is 11.9 Å². The molecular weight excluding hydrogens is 322 g/mol. The molecule has 3 heteroatoms. The molecule has 130 valence electrons. The summed E-state index contributed by atoms with van der Waals surface area (Å²) in [5, 5.41) is 0. The summed E-state index contributed by atoms with van der Waals surface area (Å²) in [5.74, 6) is 2.00. The van der Waals surface area contributed by atoms with Crippen LogP contribution >= 0.6 is 0 Å². The summed E-state index contributed by atoms with van der Waals surface area (Å²) in [7, 11) is 0. The van der Waals surface area contributed by atoms with E-state index < -0.39 is 0 Å². The van der Waals surface area contributed by atoms with Crippen molar-refractivity contribution in [3.63, 3.8) is 0 Å². The quantitative estimate of drug-likeness (QED) is 0.319. The van der Waals surface area contributed by atoms with Crippen LogP contribution < -0.4 is 9.47 Å². The largest absolute Gasteiger partial charge is 0.465 e. The van der Waals surface area contributed by atoms with Gasteiger partial charge in [-0.3, -0.25) is 0 Å². The summed E-state index contributed by atoms with van der Waals surface area (Å²) in [6, 6.07) is 27.2. The molecule has 0 radical (unpaired) electrons. The van der Waals surface area contributed by atoms with Crippen LogP contribution in [-0.4, -0.2) is 5.90 Å². The zero-order valence-electron chi connectivity index (χ0n) is 14.9. The molecule has 0 unspecified atom stereocenters. The Hall–Kier alpha value is -3.33. The van der Waals surface area contributed by atoms with Gasteiger partial charge >= 0.3 is 0 Å². The Morgan fingerprint density at radius 2 is 1.46 bits per heavy atom. The van der Waals surface area contributed by atoms with Crippen LogP contribution in [0.1, 0.15) is 12.5 Å². The average molecular weight is 343 g/mol. The van der Waals surface area contributed by atoms with Crippen LogP contribution in [-0.2, 0) is 0 Å². The van der Waals surface area contributed by atoms with Crippen LogP contribution in [0, 0.1) is 6.92 Å². The van der Waals surface area contributed by atoms with Crippen molar-refractivity contribution in [3.8, 4) is 11.5 Å². The van der Waals surface area contributed by atoms with Crippen molar-refractivity contribution in [1.29, 1.82) is 0 Å². The fourth-order valence-corrected chi connectivity index (χ4v) is 2.31.